The first-order valence-corrected chi connectivity index (χ1v) is 16.3. The Morgan fingerprint density at radius 2 is 0.960 bits per heavy atom. The minimum absolute atomic E-state index is 0.481. The van der Waals surface area contributed by atoms with Crippen LogP contribution in [0.3, 0.4) is 0 Å². The zero-order chi connectivity index (χ0) is 33.8. The molecule has 0 amide bonds. The molecular weight excluding hydrogens is 611 g/mol. The van der Waals surface area contributed by atoms with E-state index in [-0.39, 0.29) is 0 Å². The summed E-state index contributed by atoms with van der Waals surface area (Å²) in [4.78, 5) is 0. The molecule has 0 spiro atoms. The van der Waals surface area contributed by atoms with Crippen LogP contribution in [0.4, 0.5) is 0 Å². The summed E-state index contributed by atoms with van der Waals surface area (Å²) < 4.78 is 4.45. The lowest BCUT2D eigenvalue weighted by atomic mass is 9.86. The average molecular weight is 636 g/mol. The monoisotopic (exact) mass is 635 g/mol. The van der Waals surface area contributed by atoms with Crippen LogP contribution in [0.5, 0.6) is 0 Å². The van der Waals surface area contributed by atoms with E-state index >= 15 is 0 Å². The molecule has 0 saturated carbocycles. The van der Waals surface area contributed by atoms with E-state index in [1.807, 2.05) is 72.8 Å². The minimum atomic E-state index is 0.481. The van der Waals surface area contributed by atoms with Gasteiger partial charge >= 0.3 is 0 Å². The van der Waals surface area contributed by atoms with Gasteiger partial charge in [0.2, 0.25) is 0 Å². The lowest BCUT2D eigenvalue weighted by Crippen LogP contribution is -2.01. The van der Waals surface area contributed by atoms with E-state index in [2.05, 4.69) is 94.1 Å². The molecule has 0 aliphatic rings. The molecule has 0 saturated heterocycles. The summed E-state index contributed by atoms with van der Waals surface area (Å²) in [6, 6.07) is 57.6. The second kappa shape index (κ2) is 11.4. The quantitative estimate of drug-likeness (QED) is 0.193. The summed E-state index contributed by atoms with van der Waals surface area (Å²) in [5.41, 5.74) is 10.6. The van der Waals surface area contributed by atoms with Gasteiger partial charge in [-0.05, 0) is 72.3 Å². The summed E-state index contributed by atoms with van der Waals surface area (Å²) in [5.74, 6) is 0. The van der Waals surface area contributed by atoms with E-state index in [1.165, 1.54) is 0 Å². The van der Waals surface area contributed by atoms with Crippen LogP contribution in [0.1, 0.15) is 16.7 Å². The summed E-state index contributed by atoms with van der Waals surface area (Å²) in [6.07, 6.45) is 0. The fraction of sp³-hybridized carbons (Fsp3) is 0. The van der Waals surface area contributed by atoms with Gasteiger partial charge in [0.15, 0.2) is 0 Å². The van der Waals surface area contributed by atoms with Gasteiger partial charge in [0, 0.05) is 43.9 Å². The Bertz CT molecular complexity index is 2920. The summed E-state index contributed by atoms with van der Waals surface area (Å²) >= 11 is 0. The number of aromatic nitrogens is 2. The van der Waals surface area contributed by atoms with Crippen molar-refractivity contribution in [2.24, 2.45) is 0 Å². The van der Waals surface area contributed by atoms with Gasteiger partial charge in [-0.2, -0.15) is 15.8 Å². The van der Waals surface area contributed by atoms with Crippen LogP contribution in [0.2, 0.25) is 0 Å². The Morgan fingerprint density at radius 3 is 1.62 bits per heavy atom. The van der Waals surface area contributed by atoms with Crippen molar-refractivity contribution in [2.75, 3.05) is 0 Å². The van der Waals surface area contributed by atoms with E-state index in [1.54, 1.807) is 12.1 Å². The molecule has 0 bridgehead atoms. The maximum absolute atomic E-state index is 10.6. The first-order valence-electron chi connectivity index (χ1n) is 16.3. The van der Waals surface area contributed by atoms with Gasteiger partial charge in [0.1, 0.15) is 0 Å². The molecule has 0 aliphatic heterocycles. The molecule has 230 valence electrons. The molecule has 2 aromatic heterocycles. The van der Waals surface area contributed by atoms with Crippen LogP contribution in [0.15, 0.2) is 152 Å². The Balaban J connectivity index is 1.33. The molecule has 0 aliphatic carbocycles. The van der Waals surface area contributed by atoms with Crippen molar-refractivity contribution in [3.63, 3.8) is 0 Å². The van der Waals surface area contributed by atoms with Crippen LogP contribution in [0.25, 0.3) is 77.2 Å². The highest BCUT2D eigenvalue weighted by Gasteiger charge is 2.23. The summed E-state index contributed by atoms with van der Waals surface area (Å²) in [5, 5.41) is 35.1. The van der Waals surface area contributed by atoms with Crippen LogP contribution in [-0.4, -0.2) is 9.13 Å². The van der Waals surface area contributed by atoms with Crippen molar-refractivity contribution in [2.45, 2.75) is 0 Å². The molecule has 5 heteroatoms. The van der Waals surface area contributed by atoms with E-state index in [9.17, 15) is 15.8 Å². The van der Waals surface area contributed by atoms with Gasteiger partial charge in [0.25, 0.3) is 0 Å². The predicted octanol–water partition coefficient (Wildman–Crippen LogP) is 10.8. The van der Waals surface area contributed by atoms with Crippen molar-refractivity contribution in [3.8, 4) is 51.8 Å². The second-order valence-electron chi connectivity index (χ2n) is 12.3. The Morgan fingerprint density at radius 1 is 0.400 bits per heavy atom. The molecule has 50 heavy (non-hydrogen) atoms. The molecule has 0 atom stereocenters. The zero-order valence-electron chi connectivity index (χ0n) is 26.7. The molecule has 9 aromatic rings. The third-order valence-corrected chi connectivity index (χ3v) is 9.64. The van der Waals surface area contributed by atoms with E-state index in [0.717, 1.165) is 66.1 Å². The number of hydrogen-bond donors (Lipinski definition) is 0. The summed E-state index contributed by atoms with van der Waals surface area (Å²) in [7, 11) is 0. The van der Waals surface area contributed by atoms with Crippen LogP contribution in [-0.2, 0) is 0 Å². The normalized spacial score (nSPS) is 11.1. The van der Waals surface area contributed by atoms with Gasteiger partial charge in [-0.25, -0.2) is 0 Å². The lowest BCUT2D eigenvalue weighted by molar-refractivity contribution is 1.18. The number of hydrogen-bond acceptors (Lipinski definition) is 3. The number of fused-ring (bicyclic) bond motifs is 6. The Labute approximate surface area is 287 Å². The van der Waals surface area contributed by atoms with E-state index in [0.29, 0.717) is 27.8 Å². The molecule has 0 unspecified atom stereocenters. The third-order valence-electron chi connectivity index (χ3n) is 9.64. The van der Waals surface area contributed by atoms with Gasteiger partial charge in [-0.3, -0.25) is 0 Å². The van der Waals surface area contributed by atoms with E-state index < -0.39 is 0 Å². The van der Waals surface area contributed by atoms with Crippen molar-refractivity contribution in [1.82, 2.24) is 9.13 Å². The third kappa shape index (κ3) is 4.24. The molecule has 2 heterocycles. The summed E-state index contributed by atoms with van der Waals surface area (Å²) in [6.45, 7) is 0. The topological polar surface area (TPSA) is 81.2 Å². The smallest absolute Gasteiger partial charge is 0.0998 e. The fourth-order valence-corrected chi connectivity index (χ4v) is 7.55. The van der Waals surface area contributed by atoms with Crippen molar-refractivity contribution < 1.29 is 0 Å². The number of benzene rings is 7. The van der Waals surface area contributed by atoms with Crippen molar-refractivity contribution >= 4 is 43.6 Å². The molecule has 5 nitrogen and oxygen atoms in total. The molecule has 9 rings (SSSR count). The number of nitrogens with zero attached hydrogens (tertiary/aromatic N) is 5. The maximum Gasteiger partial charge on any atom is 0.0998 e. The highest BCUT2D eigenvalue weighted by molar-refractivity contribution is 6.11. The molecule has 0 radical (unpaired) electrons. The Hall–Kier alpha value is -7.39. The first-order chi connectivity index (χ1) is 24.7. The van der Waals surface area contributed by atoms with Crippen LogP contribution < -0.4 is 0 Å². The fourth-order valence-electron chi connectivity index (χ4n) is 7.55. The van der Waals surface area contributed by atoms with E-state index in [4.69, 9.17) is 0 Å². The minimum Gasteiger partial charge on any atom is -0.309 e. The zero-order valence-corrected chi connectivity index (χ0v) is 26.7. The van der Waals surface area contributed by atoms with Crippen LogP contribution in [0, 0.1) is 34.0 Å². The number of rotatable bonds is 4. The predicted molar refractivity (Wildman–Crippen MR) is 200 cm³/mol. The van der Waals surface area contributed by atoms with Gasteiger partial charge in [-0.1, -0.05) is 84.9 Å². The second-order valence-corrected chi connectivity index (χ2v) is 12.3. The number of para-hydroxylation sites is 4. The van der Waals surface area contributed by atoms with Gasteiger partial charge in [-0.15, -0.1) is 0 Å². The van der Waals surface area contributed by atoms with Crippen molar-refractivity contribution in [1.29, 1.82) is 15.8 Å². The Kier molecular flexibility index (Phi) is 6.56. The van der Waals surface area contributed by atoms with Gasteiger partial charge in [0.05, 0.1) is 62.7 Å². The lowest BCUT2D eigenvalue weighted by Gasteiger charge is -2.19. The SMILES string of the molecule is N#Cc1ccc2c(c1)c1ccccc1n2-c1cccc(-c2c(C#N)ccc(C#N)c2-c2ccccc2-n2c3ccccc3c3ccccc32)c1. The highest BCUT2D eigenvalue weighted by atomic mass is 15.0. The van der Waals surface area contributed by atoms with Gasteiger partial charge < -0.3 is 9.13 Å². The molecular formula is C45H25N5. The average Bonchev–Trinajstić information content (AvgIpc) is 3.70. The molecule has 0 N–H and O–H groups in total. The number of nitriles is 3. The molecule has 0 fully saturated rings. The highest BCUT2D eigenvalue weighted by Crippen LogP contribution is 2.43. The van der Waals surface area contributed by atoms with Crippen molar-refractivity contribution in [3.05, 3.63) is 168 Å². The maximum atomic E-state index is 10.6. The molecule has 7 aromatic carbocycles. The first kappa shape index (κ1) is 28.8. The standard InChI is InChI=1S/C45H25N5/c46-26-29-20-23-43-38(24-29)36-14-3-5-16-39(36)49(43)33-11-9-10-30(25-33)44-31(27-47)21-22-32(28-48)45(44)37-15-4-8-19-42(37)50-40-17-6-1-12-34(40)35-13-2-7-18-41(35)50/h1-25H. The largest absolute Gasteiger partial charge is 0.309 e. The van der Waals surface area contributed by atoms with Crippen LogP contribution >= 0.6 is 0 Å².